The van der Waals surface area contributed by atoms with Crippen molar-refractivity contribution >= 4 is 5.91 Å². The fourth-order valence-electron chi connectivity index (χ4n) is 2.29. The first-order valence-electron chi connectivity index (χ1n) is 7.46. The maximum atomic E-state index is 12.8. The van der Waals surface area contributed by atoms with Crippen molar-refractivity contribution in [1.29, 1.82) is 0 Å². The molecule has 0 saturated heterocycles. The molecule has 0 aliphatic rings. The van der Waals surface area contributed by atoms with Crippen LogP contribution < -0.4 is 10.6 Å². The van der Waals surface area contributed by atoms with E-state index >= 15 is 0 Å². The molecule has 22 heavy (non-hydrogen) atoms. The van der Waals surface area contributed by atoms with Crippen LogP contribution in [0.5, 0.6) is 0 Å². The number of carbonyl (C=O) groups is 1. The zero-order valence-corrected chi connectivity index (χ0v) is 12.7. The van der Waals surface area contributed by atoms with Crippen LogP contribution in [0, 0.1) is 5.82 Å². The van der Waals surface area contributed by atoms with Gasteiger partial charge >= 0.3 is 0 Å². The number of hydrogen-bond donors (Lipinski definition) is 2. The van der Waals surface area contributed by atoms with Crippen molar-refractivity contribution in [3.05, 3.63) is 71.0 Å². The number of halogens is 1. The Hall–Kier alpha value is -2.20. The van der Waals surface area contributed by atoms with Crippen LogP contribution in [0.1, 0.15) is 21.5 Å². The first kappa shape index (κ1) is 16.2. The second-order valence-corrected chi connectivity index (χ2v) is 5.14. The average molecular weight is 300 g/mol. The molecule has 0 radical (unpaired) electrons. The summed E-state index contributed by atoms with van der Waals surface area (Å²) in [5.74, 6) is -0.305. The van der Waals surface area contributed by atoms with E-state index in [0.29, 0.717) is 13.0 Å². The lowest BCUT2D eigenvalue weighted by Crippen LogP contribution is -2.27. The molecule has 3 nitrogen and oxygen atoms in total. The van der Waals surface area contributed by atoms with Crippen molar-refractivity contribution in [3.8, 4) is 0 Å². The van der Waals surface area contributed by atoms with E-state index in [2.05, 4.69) is 10.6 Å². The fourth-order valence-corrected chi connectivity index (χ4v) is 2.29. The molecule has 4 heteroatoms. The maximum absolute atomic E-state index is 12.8. The molecule has 2 aromatic carbocycles. The highest BCUT2D eigenvalue weighted by atomic mass is 19.1. The summed E-state index contributed by atoms with van der Waals surface area (Å²) < 4.78 is 12.8. The Balaban J connectivity index is 1.90. The molecule has 0 heterocycles. The molecule has 0 bridgehead atoms. The number of benzene rings is 2. The SMILES string of the molecule is CNCCc1ccccc1C(=O)NCCc1ccc(F)cc1. The van der Waals surface area contributed by atoms with E-state index in [1.54, 1.807) is 12.1 Å². The van der Waals surface area contributed by atoms with E-state index in [-0.39, 0.29) is 11.7 Å². The first-order valence-corrected chi connectivity index (χ1v) is 7.46. The summed E-state index contributed by atoms with van der Waals surface area (Å²) in [6.07, 6.45) is 1.50. The molecule has 0 unspecified atom stereocenters. The molecule has 2 N–H and O–H groups in total. The lowest BCUT2D eigenvalue weighted by molar-refractivity contribution is 0.0953. The van der Waals surface area contributed by atoms with Gasteiger partial charge < -0.3 is 10.6 Å². The fraction of sp³-hybridized carbons (Fsp3) is 0.278. The second-order valence-electron chi connectivity index (χ2n) is 5.14. The van der Waals surface area contributed by atoms with Crippen LogP contribution in [-0.4, -0.2) is 26.0 Å². The molecule has 0 fully saturated rings. The van der Waals surface area contributed by atoms with E-state index in [9.17, 15) is 9.18 Å². The molecule has 0 aliphatic heterocycles. The minimum Gasteiger partial charge on any atom is -0.352 e. The molecule has 0 aromatic heterocycles. The van der Waals surface area contributed by atoms with Gasteiger partial charge in [-0.25, -0.2) is 4.39 Å². The van der Waals surface area contributed by atoms with E-state index < -0.39 is 0 Å². The molecule has 0 atom stereocenters. The van der Waals surface area contributed by atoms with Gasteiger partial charge in [-0.1, -0.05) is 30.3 Å². The van der Waals surface area contributed by atoms with E-state index in [4.69, 9.17) is 0 Å². The highest BCUT2D eigenvalue weighted by Gasteiger charge is 2.09. The number of likely N-dealkylation sites (N-methyl/N-ethyl adjacent to an activating group) is 1. The second kappa shape index (κ2) is 8.29. The summed E-state index contributed by atoms with van der Waals surface area (Å²) in [5.41, 5.74) is 2.76. The number of carbonyl (C=O) groups excluding carboxylic acids is 1. The summed E-state index contributed by atoms with van der Waals surface area (Å²) in [6.45, 7) is 1.37. The van der Waals surface area contributed by atoms with Crippen molar-refractivity contribution in [1.82, 2.24) is 10.6 Å². The van der Waals surface area contributed by atoms with Gasteiger partial charge in [0.25, 0.3) is 5.91 Å². The van der Waals surface area contributed by atoms with Crippen molar-refractivity contribution in [2.75, 3.05) is 20.1 Å². The Kier molecular flexibility index (Phi) is 6.10. The Bertz CT molecular complexity index is 611. The quantitative estimate of drug-likeness (QED) is 0.825. The standard InChI is InChI=1S/C18H21FN2O/c1-20-12-11-15-4-2-3-5-17(15)18(22)21-13-10-14-6-8-16(19)9-7-14/h2-9,20H,10-13H2,1H3,(H,21,22). The van der Waals surface area contributed by atoms with Crippen LogP contribution in [-0.2, 0) is 12.8 Å². The van der Waals surface area contributed by atoms with Crippen molar-refractivity contribution in [2.45, 2.75) is 12.8 Å². The maximum Gasteiger partial charge on any atom is 0.251 e. The average Bonchev–Trinajstić information content (AvgIpc) is 2.55. The predicted molar refractivity (Wildman–Crippen MR) is 86.5 cm³/mol. The Morgan fingerprint density at radius 2 is 1.73 bits per heavy atom. The highest BCUT2D eigenvalue weighted by molar-refractivity contribution is 5.95. The summed E-state index contributed by atoms with van der Waals surface area (Å²) in [4.78, 5) is 12.3. The van der Waals surface area contributed by atoms with Gasteiger partial charge in [-0.05, 0) is 55.8 Å². The molecule has 1 amide bonds. The molecule has 0 aliphatic carbocycles. The van der Waals surface area contributed by atoms with Crippen LogP contribution in [0.3, 0.4) is 0 Å². The number of rotatable bonds is 7. The monoisotopic (exact) mass is 300 g/mol. The largest absolute Gasteiger partial charge is 0.352 e. The lowest BCUT2D eigenvalue weighted by atomic mass is 10.0. The molecule has 2 aromatic rings. The molecular weight excluding hydrogens is 279 g/mol. The third kappa shape index (κ3) is 4.67. The van der Waals surface area contributed by atoms with Crippen molar-refractivity contribution in [3.63, 3.8) is 0 Å². The minimum atomic E-state index is -0.244. The smallest absolute Gasteiger partial charge is 0.251 e. The van der Waals surface area contributed by atoms with Crippen LogP contribution in [0.25, 0.3) is 0 Å². The molecule has 116 valence electrons. The molecule has 2 rings (SSSR count). The predicted octanol–water partition coefficient (Wildman–Crippen LogP) is 2.56. The Morgan fingerprint density at radius 3 is 2.45 bits per heavy atom. The van der Waals surface area contributed by atoms with Gasteiger partial charge in [-0.3, -0.25) is 4.79 Å². The minimum absolute atomic E-state index is 0.0613. The van der Waals surface area contributed by atoms with E-state index in [1.807, 2.05) is 31.3 Å². The summed E-state index contributed by atoms with van der Waals surface area (Å²) in [5, 5.41) is 6.01. The lowest BCUT2D eigenvalue weighted by Gasteiger charge is -2.10. The summed E-state index contributed by atoms with van der Waals surface area (Å²) in [7, 11) is 1.89. The number of nitrogens with one attached hydrogen (secondary N) is 2. The van der Waals surface area contributed by atoms with Crippen LogP contribution in [0.2, 0.25) is 0 Å². The Morgan fingerprint density at radius 1 is 1.00 bits per heavy atom. The number of amides is 1. The van der Waals surface area contributed by atoms with Gasteiger partial charge in [0.15, 0.2) is 0 Å². The Labute approximate surface area is 130 Å². The van der Waals surface area contributed by atoms with Gasteiger partial charge in [0.05, 0.1) is 0 Å². The highest BCUT2D eigenvalue weighted by Crippen LogP contribution is 2.09. The zero-order chi connectivity index (χ0) is 15.8. The third-order valence-electron chi connectivity index (χ3n) is 3.52. The number of hydrogen-bond acceptors (Lipinski definition) is 2. The van der Waals surface area contributed by atoms with Gasteiger partial charge in [0.2, 0.25) is 0 Å². The summed E-state index contributed by atoms with van der Waals surface area (Å²) in [6, 6.07) is 14.0. The first-order chi connectivity index (χ1) is 10.7. The van der Waals surface area contributed by atoms with E-state index in [0.717, 1.165) is 29.7 Å². The van der Waals surface area contributed by atoms with Crippen LogP contribution in [0.15, 0.2) is 48.5 Å². The van der Waals surface area contributed by atoms with Gasteiger partial charge in [-0.2, -0.15) is 0 Å². The molecular formula is C18H21FN2O. The van der Waals surface area contributed by atoms with Crippen LogP contribution >= 0.6 is 0 Å². The molecule has 0 spiro atoms. The summed E-state index contributed by atoms with van der Waals surface area (Å²) >= 11 is 0. The van der Waals surface area contributed by atoms with Crippen molar-refractivity contribution in [2.24, 2.45) is 0 Å². The van der Waals surface area contributed by atoms with Crippen molar-refractivity contribution < 1.29 is 9.18 Å². The third-order valence-corrected chi connectivity index (χ3v) is 3.52. The van der Waals surface area contributed by atoms with Gasteiger partial charge in [0.1, 0.15) is 5.82 Å². The van der Waals surface area contributed by atoms with Gasteiger partial charge in [-0.15, -0.1) is 0 Å². The van der Waals surface area contributed by atoms with Gasteiger partial charge in [0, 0.05) is 12.1 Å². The van der Waals surface area contributed by atoms with E-state index in [1.165, 1.54) is 12.1 Å². The normalized spacial score (nSPS) is 10.5. The zero-order valence-electron chi connectivity index (χ0n) is 12.7. The topological polar surface area (TPSA) is 41.1 Å². The molecule has 0 saturated carbocycles. The van der Waals surface area contributed by atoms with Crippen LogP contribution in [0.4, 0.5) is 4.39 Å².